The molecule has 0 aliphatic carbocycles. The molecule has 18 heavy (non-hydrogen) atoms. The maximum Gasteiger partial charge on any atom is 0.473 e. The molecule has 0 N–H and O–H groups in total. The van der Waals surface area contributed by atoms with Crippen LogP contribution in [-0.2, 0) is 13.1 Å². The lowest BCUT2D eigenvalue weighted by molar-refractivity contribution is -0.672. The third-order valence-electron chi connectivity index (χ3n) is 2.01. The lowest BCUT2D eigenvalue weighted by atomic mass is 10.5. The Bertz CT molecular complexity index is 447. The highest BCUT2D eigenvalue weighted by Crippen LogP contribution is 2.43. The molecule has 2 nitrogen and oxygen atoms in total. The van der Waals surface area contributed by atoms with Crippen molar-refractivity contribution in [1.82, 2.24) is 4.57 Å². The van der Waals surface area contributed by atoms with Crippen LogP contribution in [0.4, 0.5) is 17.6 Å². The van der Waals surface area contributed by atoms with Crippen molar-refractivity contribution in [3.63, 3.8) is 0 Å². The number of aryl methyl sites for hydroxylation is 1. The van der Waals surface area contributed by atoms with Crippen LogP contribution in [0.5, 0.6) is 0 Å². The van der Waals surface area contributed by atoms with Crippen molar-refractivity contribution in [2.75, 3.05) is 6.26 Å². The van der Waals surface area contributed by atoms with Crippen LogP contribution in [0.1, 0.15) is 5.82 Å². The van der Waals surface area contributed by atoms with E-state index in [-0.39, 0.29) is 38.6 Å². The van der Waals surface area contributed by atoms with Crippen molar-refractivity contribution in [3.8, 4) is 0 Å². The first kappa shape index (κ1) is 18.6. The number of hydrogen-bond donors (Lipinski definition) is 0. The lowest BCUT2D eigenvalue weighted by Crippen LogP contribution is -3.00. The van der Waals surface area contributed by atoms with E-state index in [0.717, 1.165) is 18.0 Å². The summed E-state index contributed by atoms with van der Waals surface area (Å²) in [5.41, 5.74) is 0. The van der Waals surface area contributed by atoms with Crippen LogP contribution >= 0.6 is 39.9 Å². The van der Waals surface area contributed by atoms with Crippen molar-refractivity contribution < 1.29 is 46.1 Å². The summed E-state index contributed by atoms with van der Waals surface area (Å²) in [6.45, 7) is 0. The van der Waals surface area contributed by atoms with Gasteiger partial charge in [0.25, 0.3) is 0 Å². The molecule has 0 bridgehead atoms. The molecule has 1 heterocycles. The molecule has 1 aromatic heterocycles. The van der Waals surface area contributed by atoms with E-state index in [1.54, 1.807) is 22.2 Å². The zero-order valence-electron chi connectivity index (χ0n) is 9.13. The van der Waals surface area contributed by atoms with Crippen LogP contribution in [0.2, 0.25) is 0 Å². The maximum atomic E-state index is 13.5. The van der Waals surface area contributed by atoms with Gasteiger partial charge in [0.05, 0.1) is 7.05 Å². The van der Waals surface area contributed by atoms with E-state index in [0.29, 0.717) is 0 Å². The van der Waals surface area contributed by atoms with Gasteiger partial charge < -0.3 is 24.0 Å². The zero-order chi connectivity index (χ0) is 13.4. The van der Waals surface area contributed by atoms with Crippen molar-refractivity contribution in [3.05, 3.63) is 18.2 Å². The normalized spacial score (nSPS) is 12.2. The van der Waals surface area contributed by atoms with Gasteiger partial charge in [0.15, 0.2) is 4.20 Å². The summed E-state index contributed by atoms with van der Waals surface area (Å²) in [6.07, 6.45) is 3.70. The SMILES string of the molecule is CSC(=S)c1n(C(F)(F)C(F)(F)Br)cc[n+]1C.[I-]. The van der Waals surface area contributed by atoms with Crippen molar-refractivity contribution >= 4 is 44.1 Å². The van der Waals surface area contributed by atoms with Gasteiger partial charge in [-0.3, -0.25) is 0 Å². The highest BCUT2D eigenvalue weighted by atomic mass is 127. The molecule has 1 rings (SSSR count). The molecule has 0 aliphatic heterocycles. The van der Waals surface area contributed by atoms with Gasteiger partial charge in [-0.05, 0) is 6.26 Å². The number of hydrogen-bond acceptors (Lipinski definition) is 2. The second-order valence-electron chi connectivity index (χ2n) is 3.13. The van der Waals surface area contributed by atoms with Gasteiger partial charge in [-0.15, -0.1) is 11.8 Å². The Morgan fingerprint density at radius 2 is 1.94 bits per heavy atom. The highest BCUT2D eigenvalue weighted by Gasteiger charge is 2.62. The van der Waals surface area contributed by atoms with E-state index < -0.39 is 10.9 Å². The predicted octanol–water partition coefficient (Wildman–Crippen LogP) is -0.108. The molecule has 0 unspecified atom stereocenters. The summed E-state index contributed by atoms with van der Waals surface area (Å²) in [5, 5.41) is 0. The second kappa shape index (κ2) is 6.35. The van der Waals surface area contributed by atoms with E-state index in [4.69, 9.17) is 12.2 Å². The van der Waals surface area contributed by atoms with E-state index in [1.165, 1.54) is 17.8 Å². The van der Waals surface area contributed by atoms with Gasteiger partial charge in [0, 0.05) is 15.9 Å². The number of imidazole rings is 1. The number of thiocarbonyl (C=S) groups is 1. The predicted molar refractivity (Wildman–Crippen MR) is 64.9 cm³/mol. The average Bonchev–Trinajstić information content (AvgIpc) is 2.57. The van der Waals surface area contributed by atoms with Crippen LogP contribution in [-0.4, -0.2) is 19.9 Å². The summed E-state index contributed by atoms with van der Waals surface area (Å²) in [4.78, 5) is -4.35. The average molecular weight is 479 g/mol. The fourth-order valence-electron chi connectivity index (χ4n) is 1.17. The Morgan fingerprint density at radius 1 is 1.44 bits per heavy atom. The minimum atomic E-state index is -4.40. The molecular weight excluding hydrogens is 471 g/mol. The summed E-state index contributed by atoms with van der Waals surface area (Å²) in [7, 11) is 1.46. The molecule has 10 heteroatoms. The fraction of sp³-hybridized carbons (Fsp3) is 0.500. The summed E-state index contributed by atoms with van der Waals surface area (Å²) in [5.74, 6) is -0.142. The third kappa shape index (κ3) is 3.37. The van der Waals surface area contributed by atoms with E-state index in [9.17, 15) is 17.6 Å². The Kier molecular flexibility index (Phi) is 6.56. The zero-order valence-corrected chi connectivity index (χ0v) is 14.5. The Labute approximate surface area is 136 Å². The molecule has 0 spiro atoms. The van der Waals surface area contributed by atoms with Crippen LogP contribution in [0.3, 0.4) is 0 Å². The van der Waals surface area contributed by atoms with Crippen molar-refractivity contribution in [1.29, 1.82) is 0 Å². The number of halogens is 6. The molecule has 0 saturated carbocycles. The quantitative estimate of drug-likeness (QED) is 0.197. The number of aromatic nitrogens is 2. The van der Waals surface area contributed by atoms with Crippen LogP contribution in [0, 0.1) is 0 Å². The molecule has 0 saturated heterocycles. The molecule has 0 aliphatic rings. The molecular formula is C8H8BrF4IN2S2. The van der Waals surface area contributed by atoms with E-state index in [1.807, 2.05) is 0 Å². The van der Waals surface area contributed by atoms with Crippen molar-refractivity contribution in [2.24, 2.45) is 7.05 Å². The van der Waals surface area contributed by atoms with Gasteiger partial charge in [-0.2, -0.15) is 22.1 Å². The summed E-state index contributed by atoms with van der Waals surface area (Å²) < 4.78 is 54.2. The number of nitrogens with zero attached hydrogens (tertiary/aromatic N) is 2. The Morgan fingerprint density at radius 3 is 2.33 bits per heavy atom. The van der Waals surface area contributed by atoms with Gasteiger partial charge in [0.2, 0.25) is 0 Å². The Hall–Kier alpha value is 0.580. The molecule has 0 amide bonds. The monoisotopic (exact) mass is 478 g/mol. The standard InChI is InChI=1S/C8H8BrF4N2S2.HI/c1-14-3-4-15(5(14)6(16)17-2)8(12,13)7(9,10)11;/h3-4H,1-2H3;1H/q+1;/p-1. The smallest absolute Gasteiger partial charge is 0.473 e. The second-order valence-corrected chi connectivity index (χ2v) is 5.61. The fourth-order valence-corrected chi connectivity index (χ4v) is 2.03. The van der Waals surface area contributed by atoms with Crippen molar-refractivity contribution in [2.45, 2.75) is 10.9 Å². The van der Waals surface area contributed by atoms with Crippen LogP contribution in [0.25, 0.3) is 0 Å². The maximum absolute atomic E-state index is 13.5. The van der Waals surface area contributed by atoms with E-state index >= 15 is 0 Å². The van der Waals surface area contributed by atoms with Gasteiger partial charge in [-0.25, -0.2) is 4.57 Å². The topological polar surface area (TPSA) is 8.81 Å². The molecule has 104 valence electrons. The lowest BCUT2D eigenvalue weighted by Gasteiger charge is -2.18. The number of thioether (sulfide) groups is 1. The van der Waals surface area contributed by atoms with Gasteiger partial charge in [-0.1, -0.05) is 12.2 Å². The first-order valence-corrected chi connectivity index (χ1v) is 6.66. The third-order valence-corrected chi connectivity index (χ3v) is 3.73. The minimum absolute atomic E-state index is 0. The van der Waals surface area contributed by atoms with Crippen LogP contribution in [0.15, 0.2) is 12.4 Å². The molecule has 0 aromatic carbocycles. The van der Waals surface area contributed by atoms with E-state index in [2.05, 4.69) is 0 Å². The molecule has 0 fully saturated rings. The molecule has 0 atom stereocenters. The van der Waals surface area contributed by atoms with Crippen LogP contribution < -0.4 is 28.5 Å². The van der Waals surface area contributed by atoms with Gasteiger partial charge >= 0.3 is 16.7 Å². The molecule has 0 radical (unpaired) electrons. The molecule has 1 aromatic rings. The number of alkyl halides is 5. The number of rotatable bonds is 3. The minimum Gasteiger partial charge on any atom is -1.00 e. The summed E-state index contributed by atoms with van der Waals surface area (Å²) in [6, 6.07) is -4.40. The highest BCUT2D eigenvalue weighted by molar-refractivity contribution is 9.10. The summed E-state index contributed by atoms with van der Waals surface area (Å²) >= 11 is 7.59. The Balaban J connectivity index is 0.00000289. The van der Waals surface area contributed by atoms with Gasteiger partial charge in [0.1, 0.15) is 12.4 Å². The largest absolute Gasteiger partial charge is 1.00 e. The first-order valence-electron chi connectivity index (χ1n) is 4.23. The first-order chi connectivity index (χ1) is 7.63.